The smallest absolute Gasteiger partial charge is 0.164 e. The number of rotatable bonds is 4. The first-order valence-electron chi connectivity index (χ1n) is 20.4. The molecule has 2 heterocycles. The quantitative estimate of drug-likeness (QED) is 0.198. The molecule has 0 radical (unpaired) electrons. The summed E-state index contributed by atoms with van der Waals surface area (Å²) in [6, 6.07) is 16.2. The number of para-hydroxylation sites is 1. The fourth-order valence-electron chi connectivity index (χ4n) is 5.94. The fourth-order valence-corrected chi connectivity index (χ4v) is 5.94. The van der Waals surface area contributed by atoms with Gasteiger partial charge in [0.2, 0.25) is 0 Å². The molecule has 5 heteroatoms. The van der Waals surface area contributed by atoms with Gasteiger partial charge in [-0.2, -0.15) is 5.26 Å². The molecular formula is C42H24N4O. The van der Waals surface area contributed by atoms with Gasteiger partial charge in [-0.1, -0.05) is 127 Å². The van der Waals surface area contributed by atoms with Crippen molar-refractivity contribution < 1.29 is 20.9 Å². The topological polar surface area (TPSA) is 75.6 Å². The molecule has 0 bridgehead atoms. The van der Waals surface area contributed by atoms with E-state index in [4.69, 9.17) is 35.8 Å². The van der Waals surface area contributed by atoms with Crippen molar-refractivity contribution in [3.05, 3.63) is 151 Å². The predicted octanol–water partition coefficient (Wildman–Crippen LogP) is 10.6. The maximum absolute atomic E-state index is 10.2. The molecule has 0 N–H and O–H groups in total. The zero-order valence-electron chi connectivity index (χ0n) is 36.1. The molecule has 2 aromatic heterocycles. The molecule has 0 saturated heterocycles. The summed E-state index contributed by atoms with van der Waals surface area (Å²) in [4.78, 5) is 14.4. The lowest BCUT2D eigenvalue weighted by Crippen LogP contribution is -2.01. The van der Waals surface area contributed by atoms with E-state index in [1.807, 2.05) is 30.3 Å². The number of fused-ring (bicyclic) bond motifs is 5. The summed E-state index contributed by atoms with van der Waals surface area (Å²) in [5.41, 5.74) is 1.38. The van der Waals surface area contributed by atoms with Gasteiger partial charge in [0, 0.05) is 32.8 Å². The van der Waals surface area contributed by atoms with Crippen molar-refractivity contribution in [3.63, 3.8) is 0 Å². The van der Waals surface area contributed by atoms with E-state index in [9.17, 15) is 5.26 Å². The molecule has 7 aromatic carbocycles. The summed E-state index contributed by atoms with van der Waals surface area (Å²) < 4.78 is 110. The number of nitriles is 1. The second kappa shape index (κ2) is 10.8. The molecule has 218 valence electrons. The van der Waals surface area contributed by atoms with E-state index in [0.29, 0.717) is 33.1 Å². The van der Waals surface area contributed by atoms with Crippen molar-refractivity contribution >= 4 is 43.5 Å². The van der Waals surface area contributed by atoms with Gasteiger partial charge in [0.1, 0.15) is 11.2 Å². The minimum absolute atomic E-state index is 0.0131. The Bertz CT molecular complexity index is 3360. The fraction of sp³-hybridized carbons (Fsp3) is 0. The maximum atomic E-state index is 10.2. The summed E-state index contributed by atoms with van der Waals surface area (Å²) in [7, 11) is 0. The number of hydrogen-bond donors (Lipinski definition) is 0. The second-order valence-electron chi connectivity index (χ2n) is 10.6. The van der Waals surface area contributed by atoms with Crippen LogP contribution in [0.15, 0.2) is 150 Å². The Labute approximate surface area is 286 Å². The standard InChI is InChI=1S/C42H24N4O/c43-25-28-15-6-13-26-14-7-20-32(38(26)28)30-18-8-19-31-29(30)17-9-21-33(31)41-44-40(27-11-2-1-3-12-27)45-42(46-41)35-22-10-24-37-39(35)34-16-4-5-23-36(34)47-37/h1-24H/i1D,2D,3D,6D,7D,11D,12D,13D,14D,15D,17D,20D. The number of aromatic nitrogens is 3. The highest BCUT2D eigenvalue weighted by molar-refractivity contribution is 6.12. The minimum atomic E-state index is -0.605. The zero-order chi connectivity index (χ0) is 41.8. The van der Waals surface area contributed by atoms with Crippen LogP contribution < -0.4 is 0 Å². The summed E-state index contributed by atoms with van der Waals surface area (Å²) in [5.74, 6) is -0.166. The molecule has 0 saturated carbocycles. The van der Waals surface area contributed by atoms with Gasteiger partial charge in [0.05, 0.1) is 28.1 Å². The lowest BCUT2D eigenvalue weighted by Gasteiger charge is -2.14. The molecule has 9 rings (SSSR count). The normalized spacial score (nSPS) is 15.0. The number of benzene rings is 7. The Kier molecular flexibility index (Phi) is 3.93. The monoisotopic (exact) mass is 612 g/mol. The highest BCUT2D eigenvalue weighted by Gasteiger charge is 2.19. The third-order valence-corrected chi connectivity index (χ3v) is 7.96. The molecule has 9 aromatic rings. The van der Waals surface area contributed by atoms with Crippen LogP contribution in [0.2, 0.25) is 0 Å². The van der Waals surface area contributed by atoms with Crippen LogP contribution >= 0.6 is 0 Å². The molecule has 0 aliphatic rings. The second-order valence-corrected chi connectivity index (χ2v) is 10.6. The Morgan fingerprint density at radius 2 is 1.21 bits per heavy atom. The maximum Gasteiger partial charge on any atom is 0.164 e. The van der Waals surface area contributed by atoms with E-state index >= 15 is 0 Å². The van der Waals surface area contributed by atoms with Crippen molar-refractivity contribution in [1.82, 2.24) is 15.0 Å². The first kappa shape index (κ1) is 17.2. The SMILES string of the molecule is [2H]c1c([2H])c([2H])c(-c2nc(-c3ccc([2H])c4c(-c5c([2H])c([2H])c([2H])c6c([2H])c([2H])c([2H])c(C#N)c56)cccc34)nc(-c3cccc4oc5ccccc5c34)n2)c([2H])c1[2H]. The summed E-state index contributed by atoms with van der Waals surface area (Å²) in [5, 5.41) is 11.8. The average molecular weight is 613 g/mol. The number of nitrogens with zero attached hydrogens (tertiary/aromatic N) is 4. The van der Waals surface area contributed by atoms with Crippen LogP contribution in [0, 0.1) is 11.3 Å². The number of furan rings is 1. The van der Waals surface area contributed by atoms with Crippen LogP contribution in [0.5, 0.6) is 0 Å². The Balaban J connectivity index is 1.40. The first-order chi connectivity index (χ1) is 28.2. The first-order valence-corrected chi connectivity index (χ1v) is 14.4. The van der Waals surface area contributed by atoms with Crippen LogP contribution in [-0.2, 0) is 0 Å². The zero-order valence-corrected chi connectivity index (χ0v) is 24.1. The van der Waals surface area contributed by atoms with E-state index in [-0.39, 0.29) is 61.9 Å². The van der Waals surface area contributed by atoms with Crippen LogP contribution in [0.3, 0.4) is 0 Å². The van der Waals surface area contributed by atoms with Crippen molar-refractivity contribution in [3.8, 4) is 51.4 Å². The molecule has 0 amide bonds. The Hall–Kier alpha value is -6.64. The largest absolute Gasteiger partial charge is 0.456 e. The van der Waals surface area contributed by atoms with Crippen LogP contribution in [0.25, 0.3) is 88.8 Å². The molecule has 0 unspecified atom stereocenters. The summed E-state index contributed by atoms with van der Waals surface area (Å²) >= 11 is 0. The van der Waals surface area contributed by atoms with Gasteiger partial charge in [-0.05, 0) is 45.5 Å². The number of hydrogen-bond acceptors (Lipinski definition) is 5. The van der Waals surface area contributed by atoms with Gasteiger partial charge in [-0.3, -0.25) is 0 Å². The molecular weight excluding hydrogens is 576 g/mol. The molecule has 0 spiro atoms. The van der Waals surface area contributed by atoms with Crippen molar-refractivity contribution in [2.45, 2.75) is 0 Å². The van der Waals surface area contributed by atoms with Gasteiger partial charge >= 0.3 is 0 Å². The van der Waals surface area contributed by atoms with Gasteiger partial charge < -0.3 is 4.42 Å². The van der Waals surface area contributed by atoms with Crippen molar-refractivity contribution in [2.24, 2.45) is 0 Å². The third kappa shape index (κ3) is 4.35. The lowest BCUT2D eigenvalue weighted by molar-refractivity contribution is 0.669. The van der Waals surface area contributed by atoms with E-state index in [1.54, 1.807) is 42.5 Å². The molecule has 0 aliphatic carbocycles. The highest BCUT2D eigenvalue weighted by atomic mass is 16.3. The molecule has 47 heavy (non-hydrogen) atoms. The van der Waals surface area contributed by atoms with Gasteiger partial charge in [-0.25, -0.2) is 15.0 Å². The Morgan fingerprint density at radius 3 is 2.09 bits per heavy atom. The molecule has 0 aliphatic heterocycles. The average Bonchev–Trinajstić information content (AvgIpc) is 3.63. The highest BCUT2D eigenvalue weighted by Crippen LogP contribution is 2.40. The van der Waals surface area contributed by atoms with Gasteiger partial charge in [0.15, 0.2) is 17.5 Å². The van der Waals surface area contributed by atoms with Crippen molar-refractivity contribution in [1.29, 1.82) is 5.26 Å². The minimum Gasteiger partial charge on any atom is -0.456 e. The molecule has 0 atom stereocenters. The van der Waals surface area contributed by atoms with Gasteiger partial charge in [-0.15, -0.1) is 0 Å². The van der Waals surface area contributed by atoms with E-state index < -0.39 is 66.5 Å². The van der Waals surface area contributed by atoms with E-state index in [0.717, 1.165) is 5.39 Å². The summed E-state index contributed by atoms with van der Waals surface area (Å²) in [6.45, 7) is 0. The van der Waals surface area contributed by atoms with E-state index in [2.05, 4.69) is 0 Å². The Morgan fingerprint density at radius 1 is 0.511 bits per heavy atom. The third-order valence-electron chi connectivity index (χ3n) is 7.96. The van der Waals surface area contributed by atoms with Crippen LogP contribution in [0.4, 0.5) is 0 Å². The van der Waals surface area contributed by atoms with Gasteiger partial charge in [0.25, 0.3) is 0 Å². The lowest BCUT2D eigenvalue weighted by atomic mass is 9.90. The van der Waals surface area contributed by atoms with Crippen LogP contribution in [0.1, 0.15) is 22.0 Å². The molecule has 0 fully saturated rings. The van der Waals surface area contributed by atoms with Crippen LogP contribution in [-0.4, -0.2) is 15.0 Å². The predicted molar refractivity (Wildman–Crippen MR) is 189 cm³/mol. The van der Waals surface area contributed by atoms with E-state index in [1.165, 1.54) is 6.07 Å². The molecule has 5 nitrogen and oxygen atoms in total. The summed E-state index contributed by atoms with van der Waals surface area (Å²) in [6.07, 6.45) is 0. The van der Waals surface area contributed by atoms with Crippen molar-refractivity contribution in [2.75, 3.05) is 0 Å².